The Morgan fingerprint density at radius 1 is 1.44 bits per heavy atom. The summed E-state index contributed by atoms with van der Waals surface area (Å²) in [6.07, 6.45) is 1.40. The topological polar surface area (TPSA) is 46.3 Å². The van der Waals surface area contributed by atoms with Gasteiger partial charge in [-0.15, -0.1) is 0 Å². The minimum atomic E-state index is 0.171. The van der Waals surface area contributed by atoms with Gasteiger partial charge in [-0.3, -0.25) is 4.79 Å². The van der Waals surface area contributed by atoms with E-state index in [2.05, 4.69) is 25.1 Å². The Hall–Kier alpha value is -1.35. The van der Waals surface area contributed by atoms with Crippen LogP contribution < -0.4 is 5.73 Å². The number of amides is 1. The van der Waals surface area contributed by atoms with Gasteiger partial charge in [-0.1, -0.05) is 24.3 Å². The van der Waals surface area contributed by atoms with Crippen LogP contribution in [-0.2, 0) is 17.8 Å². The molecule has 0 aromatic heterocycles. The number of rotatable bonds is 2. The van der Waals surface area contributed by atoms with Crippen LogP contribution in [0.5, 0.6) is 0 Å². The molecule has 0 radical (unpaired) electrons. The molecule has 0 saturated heterocycles. The van der Waals surface area contributed by atoms with Crippen molar-refractivity contribution in [3.63, 3.8) is 0 Å². The number of fused-ring (bicyclic) bond motifs is 1. The summed E-state index contributed by atoms with van der Waals surface area (Å²) in [6.45, 7) is 3.27. The van der Waals surface area contributed by atoms with Crippen molar-refractivity contribution in [1.82, 2.24) is 4.90 Å². The number of hydrogen-bond donors (Lipinski definition) is 1. The zero-order chi connectivity index (χ0) is 11.5. The zero-order valence-corrected chi connectivity index (χ0v) is 9.65. The molecule has 0 fully saturated rings. The SMILES string of the molecule is CC1Cc2ccccc2CN1C(=O)CCN. The van der Waals surface area contributed by atoms with Gasteiger partial charge < -0.3 is 10.6 Å². The Bertz CT molecular complexity index is 389. The molecule has 1 amide bonds. The average molecular weight is 218 g/mol. The maximum atomic E-state index is 11.9. The third kappa shape index (κ3) is 2.09. The van der Waals surface area contributed by atoms with Gasteiger partial charge >= 0.3 is 0 Å². The fraction of sp³-hybridized carbons (Fsp3) is 0.462. The molecular formula is C13H18N2O. The second kappa shape index (κ2) is 4.66. The number of carbonyl (C=O) groups excluding carboxylic acids is 1. The average Bonchev–Trinajstić information content (AvgIpc) is 2.28. The first kappa shape index (κ1) is 11.1. The van der Waals surface area contributed by atoms with Gasteiger partial charge in [0.1, 0.15) is 0 Å². The van der Waals surface area contributed by atoms with Gasteiger partial charge in [0.15, 0.2) is 0 Å². The van der Waals surface area contributed by atoms with Crippen molar-refractivity contribution in [2.45, 2.75) is 32.4 Å². The lowest BCUT2D eigenvalue weighted by molar-refractivity contribution is -0.134. The van der Waals surface area contributed by atoms with Crippen molar-refractivity contribution < 1.29 is 4.79 Å². The van der Waals surface area contributed by atoms with Crippen molar-refractivity contribution in [3.05, 3.63) is 35.4 Å². The molecule has 1 aliphatic heterocycles. The third-order valence-corrected chi connectivity index (χ3v) is 3.19. The molecule has 1 aromatic rings. The van der Waals surface area contributed by atoms with E-state index in [1.807, 2.05) is 11.0 Å². The number of carbonyl (C=O) groups is 1. The lowest BCUT2D eigenvalue weighted by atomic mass is 9.94. The number of benzene rings is 1. The van der Waals surface area contributed by atoms with Gasteiger partial charge in [0, 0.05) is 25.6 Å². The predicted molar refractivity (Wildman–Crippen MR) is 63.8 cm³/mol. The second-order valence-electron chi connectivity index (χ2n) is 4.38. The summed E-state index contributed by atoms with van der Waals surface area (Å²) in [6, 6.07) is 8.62. The molecule has 0 aliphatic carbocycles. The van der Waals surface area contributed by atoms with E-state index >= 15 is 0 Å². The summed E-state index contributed by atoms with van der Waals surface area (Å²) in [5.41, 5.74) is 8.07. The number of nitrogens with zero attached hydrogens (tertiary/aromatic N) is 1. The molecule has 16 heavy (non-hydrogen) atoms. The fourth-order valence-corrected chi connectivity index (χ4v) is 2.28. The summed E-state index contributed by atoms with van der Waals surface area (Å²) in [7, 11) is 0. The Morgan fingerprint density at radius 3 is 2.81 bits per heavy atom. The maximum absolute atomic E-state index is 11.9. The van der Waals surface area contributed by atoms with Crippen molar-refractivity contribution in [2.75, 3.05) is 6.54 Å². The van der Waals surface area contributed by atoms with Crippen LogP contribution in [0.1, 0.15) is 24.5 Å². The highest BCUT2D eigenvalue weighted by Gasteiger charge is 2.25. The van der Waals surface area contributed by atoms with Gasteiger partial charge in [-0.25, -0.2) is 0 Å². The van der Waals surface area contributed by atoms with Gasteiger partial charge in [0.2, 0.25) is 5.91 Å². The Balaban J connectivity index is 2.18. The normalized spacial score (nSPS) is 19.4. The molecule has 86 valence electrons. The van der Waals surface area contributed by atoms with Crippen molar-refractivity contribution in [3.8, 4) is 0 Å². The lowest BCUT2D eigenvalue weighted by Gasteiger charge is -2.35. The third-order valence-electron chi connectivity index (χ3n) is 3.19. The highest BCUT2D eigenvalue weighted by molar-refractivity contribution is 5.77. The Labute approximate surface area is 96.2 Å². The molecule has 0 bridgehead atoms. The molecular weight excluding hydrogens is 200 g/mol. The Morgan fingerprint density at radius 2 is 2.12 bits per heavy atom. The van der Waals surface area contributed by atoms with E-state index in [1.54, 1.807) is 0 Å². The van der Waals surface area contributed by atoms with E-state index in [-0.39, 0.29) is 11.9 Å². The monoisotopic (exact) mass is 218 g/mol. The van der Waals surface area contributed by atoms with Crippen LogP contribution in [0.15, 0.2) is 24.3 Å². The first-order valence-electron chi connectivity index (χ1n) is 5.78. The molecule has 0 spiro atoms. The smallest absolute Gasteiger partial charge is 0.224 e. The molecule has 0 saturated carbocycles. The zero-order valence-electron chi connectivity index (χ0n) is 9.65. The van der Waals surface area contributed by atoms with Crippen LogP contribution in [0.4, 0.5) is 0 Å². The highest BCUT2D eigenvalue weighted by atomic mass is 16.2. The first-order chi connectivity index (χ1) is 7.72. The molecule has 2 N–H and O–H groups in total. The number of nitrogens with two attached hydrogens (primary N) is 1. The van der Waals surface area contributed by atoms with Gasteiger partial charge in [-0.2, -0.15) is 0 Å². The van der Waals surface area contributed by atoms with E-state index in [1.165, 1.54) is 11.1 Å². The predicted octanol–water partition coefficient (Wildman–Crippen LogP) is 1.31. The van der Waals surface area contributed by atoms with E-state index in [9.17, 15) is 4.79 Å². The Kier molecular flexibility index (Phi) is 3.25. The van der Waals surface area contributed by atoms with Crippen LogP contribution in [0.3, 0.4) is 0 Å². The molecule has 1 unspecified atom stereocenters. The quantitative estimate of drug-likeness (QED) is 0.813. The van der Waals surface area contributed by atoms with Gasteiger partial charge in [0.25, 0.3) is 0 Å². The highest BCUT2D eigenvalue weighted by Crippen LogP contribution is 2.23. The minimum absolute atomic E-state index is 0.171. The maximum Gasteiger partial charge on any atom is 0.224 e. The van der Waals surface area contributed by atoms with Crippen molar-refractivity contribution >= 4 is 5.91 Å². The fourth-order valence-electron chi connectivity index (χ4n) is 2.28. The molecule has 3 heteroatoms. The molecule has 2 rings (SSSR count). The molecule has 1 heterocycles. The summed E-state index contributed by atoms with van der Waals surface area (Å²) in [4.78, 5) is 13.8. The van der Waals surface area contributed by atoms with Gasteiger partial charge in [0.05, 0.1) is 0 Å². The molecule has 1 atom stereocenters. The standard InChI is InChI=1S/C13H18N2O/c1-10-8-11-4-2-3-5-12(11)9-15(10)13(16)6-7-14/h2-5,10H,6-9,14H2,1H3. The molecule has 1 aromatic carbocycles. The van der Waals surface area contributed by atoms with E-state index < -0.39 is 0 Å². The van der Waals surface area contributed by atoms with E-state index in [0.29, 0.717) is 13.0 Å². The van der Waals surface area contributed by atoms with Crippen molar-refractivity contribution in [1.29, 1.82) is 0 Å². The summed E-state index contributed by atoms with van der Waals surface area (Å²) >= 11 is 0. The van der Waals surface area contributed by atoms with Crippen LogP contribution in [0.25, 0.3) is 0 Å². The lowest BCUT2D eigenvalue weighted by Crippen LogP contribution is -2.43. The second-order valence-corrected chi connectivity index (χ2v) is 4.38. The molecule has 3 nitrogen and oxygen atoms in total. The van der Waals surface area contributed by atoms with Crippen LogP contribution in [0.2, 0.25) is 0 Å². The molecule has 1 aliphatic rings. The summed E-state index contributed by atoms with van der Waals surface area (Å²) < 4.78 is 0. The van der Waals surface area contributed by atoms with Crippen LogP contribution >= 0.6 is 0 Å². The summed E-state index contributed by atoms with van der Waals surface area (Å²) in [5, 5.41) is 0. The van der Waals surface area contributed by atoms with Crippen LogP contribution in [-0.4, -0.2) is 23.4 Å². The first-order valence-corrected chi connectivity index (χ1v) is 5.78. The number of hydrogen-bond acceptors (Lipinski definition) is 2. The minimum Gasteiger partial charge on any atom is -0.335 e. The van der Waals surface area contributed by atoms with Crippen LogP contribution in [0, 0.1) is 0 Å². The largest absolute Gasteiger partial charge is 0.335 e. The van der Waals surface area contributed by atoms with E-state index in [4.69, 9.17) is 5.73 Å². The summed E-state index contributed by atoms with van der Waals surface area (Å²) in [5.74, 6) is 0.171. The van der Waals surface area contributed by atoms with Gasteiger partial charge in [-0.05, 0) is 24.5 Å². The van der Waals surface area contributed by atoms with E-state index in [0.717, 1.165) is 13.0 Å². The van der Waals surface area contributed by atoms with Crippen molar-refractivity contribution in [2.24, 2.45) is 5.73 Å².